The van der Waals surface area contributed by atoms with E-state index in [1.165, 1.54) is 19.1 Å². The molecule has 25 heavy (non-hydrogen) atoms. The Morgan fingerprint density at radius 1 is 0.880 bits per heavy atom. The Labute approximate surface area is 159 Å². The van der Waals surface area contributed by atoms with E-state index in [2.05, 4.69) is 15.9 Å². The van der Waals surface area contributed by atoms with Gasteiger partial charge in [0.05, 0.1) is 6.61 Å². The van der Waals surface area contributed by atoms with E-state index < -0.39 is 0 Å². The zero-order valence-corrected chi connectivity index (χ0v) is 14.7. The molecule has 0 aliphatic carbocycles. The third-order valence-electron chi connectivity index (χ3n) is 2.88. The molecule has 0 amide bonds. The predicted octanol–water partition coefficient (Wildman–Crippen LogP) is 5.53. The Morgan fingerprint density at radius 3 is 1.64 bits per heavy atom. The zero-order valence-electron chi connectivity index (χ0n) is 13.1. The molecule has 0 aliphatic rings. The van der Waals surface area contributed by atoms with Crippen LogP contribution < -0.4 is 4.74 Å². The Bertz CT molecular complexity index is 634. The second-order valence-corrected chi connectivity index (χ2v) is 5.51. The Balaban J connectivity index is 0. The van der Waals surface area contributed by atoms with Crippen LogP contribution in [0, 0.1) is 0 Å². The molecule has 138 valence electrons. The van der Waals surface area contributed by atoms with Crippen LogP contribution in [0.5, 0.6) is 11.5 Å². The van der Waals surface area contributed by atoms with Crippen molar-refractivity contribution in [1.82, 2.24) is 0 Å². The fraction of sp³-hybridized carbons (Fsp3) is 0.300. The Hall–Kier alpha value is -2.14. The minimum atomic E-state index is 0. The first-order chi connectivity index (χ1) is 10.9. The number of rotatable bonds is 5. The lowest BCUT2D eigenvalue weighted by molar-refractivity contribution is 0.100. The molecule has 0 bridgehead atoms. The summed E-state index contributed by atoms with van der Waals surface area (Å²) < 4.78 is 5.33. The third-order valence-corrected chi connectivity index (χ3v) is 3.20. The van der Waals surface area contributed by atoms with Crippen molar-refractivity contribution in [3.05, 3.63) is 59.7 Å². The van der Waals surface area contributed by atoms with Crippen LogP contribution in [0.3, 0.4) is 0 Å². The van der Waals surface area contributed by atoms with Gasteiger partial charge in [-0.1, -0.05) is 30.8 Å². The molecule has 0 atom stereocenters. The summed E-state index contributed by atoms with van der Waals surface area (Å²) in [7, 11) is 0. The average molecular weight is 411 g/mol. The van der Waals surface area contributed by atoms with Gasteiger partial charge in [0.25, 0.3) is 0 Å². The van der Waals surface area contributed by atoms with Crippen LogP contribution in [0.2, 0.25) is 0 Å². The summed E-state index contributed by atoms with van der Waals surface area (Å²) in [5, 5.41) is 9.63. The first kappa shape index (κ1) is 25.1. The fourth-order valence-corrected chi connectivity index (χ4v) is 1.80. The van der Waals surface area contributed by atoms with Gasteiger partial charge in [-0.2, -0.15) is 0 Å². The summed E-state index contributed by atoms with van der Waals surface area (Å²) in [4.78, 5) is 21.6. The van der Waals surface area contributed by atoms with E-state index in [9.17, 15) is 9.59 Å². The maximum Gasteiger partial charge on any atom is 0.159 e. The summed E-state index contributed by atoms with van der Waals surface area (Å²) in [6.07, 6.45) is 0. The van der Waals surface area contributed by atoms with Gasteiger partial charge < -0.3 is 9.84 Å². The smallest absolute Gasteiger partial charge is 0.159 e. The van der Waals surface area contributed by atoms with E-state index in [0.717, 1.165) is 11.1 Å². The normalized spacial score (nSPS) is 8.76. The Kier molecular flexibility index (Phi) is 13.2. The van der Waals surface area contributed by atoms with Crippen molar-refractivity contribution < 1.29 is 19.4 Å². The van der Waals surface area contributed by atoms with Crippen LogP contribution in [0.25, 0.3) is 0 Å². The number of alkyl halides is 1. The number of carbonyl (C=O) groups is 2. The van der Waals surface area contributed by atoms with Crippen LogP contribution in [0.15, 0.2) is 48.5 Å². The monoisotopic (exact) mass is 410 g/mol. The number of hydrogen-bond acceptors (Lipinski definition) is 4. The van der Waals surface area contributed by atoms with Gasteiger partial charge in [0.15, 0.2) is 11.6 Å². The number of halogens is 1. The standard InChI is InChI=1S/C10H11BrO2.C8H8O2.2CH4/c1-8(12)9-2-4-10(5-3-9)13-7-6-11;1-6(9)7-2-4-8(10)5-3-7;;/h2-5H,6-7H2,1H3;2-5,10H,1H3;2*1H4. The summed E-state index contributed by atoms with van der Waals surface area (Å²) in [5.41, 5.74) is 1.34. The lowest BCUT2D eigenvalue weighted by Crippen LogP contribution is -1.98. The van der Waals surface area contributed by atoms with Crippen molar-refractivity contribution in [2.75, 3.05) is 11.9 Å². The van der Waals surface area contributed by atoms with Crippen LogP contribution in [-0.4, -0.2) is 28.6 Å². The van der Waals surface area contributed by atoms with Crippen molar-refractivity contribution in [1.29, 1.82) is 0 Å². The number of ketones is 2. The molecule has 1 N–H and O–H groups in total. The summed E-state index contributed by atoms with van der Waals surface area (Å²) >= 11 is 3.27. The summed E-state index contributed by atoms with van der Waals surface area (Å²) in [5.74, 6) is 1.07. The number of Topliss-reactive ketones (excluding diaryl/α,β-unsaturated/α-hetero) is 2. The van der Waals surface area contributed by atoms with Gasteiger partial charge in [0.1, 0.15) is 11.5 Å². The highest BCUT2D eigenvalue weighted by Gasteiger charge is 1.98. The molecule has 0 heterocycles. The zero-order chi connectivity index (χ0) is 17.2. The molecule has 0 fully saturated rings. The number of phenols is 1. The van der Waals surface area contributed by atoms with Crippen molar-refractivity contribution in [3.8, 4) is 11.5 Å². The fourth-order valence-electron chi connectivity index (χ4n) is 1.64. The van der Waals surface area contributed by atoms with E-state index in [-0.39, 0.29) is 32.2 Å². The van der Waals surface area contributed by atoms with Gasteiger partial charge >= 0.3 is 0 Å². The Morgan fingerprint density at radius 2 is 1.28 bits per heavy atom. The number of carbonyl (C=O) groups excluding carboxylic acids is 2. The van der Waals surface area contributed by atoms with E-state index in [0.29, 0.717) is 17.7 Å². The van der Waals surface area contributed by atoms with Crippen molar-refractivity contribution in [3.63, 3.8) is 0 Å². The minimum Gasteiger partial charge on any atom is -0.508 e. The molecular formula is C20H27BrO4. The second-order valence-electron chi connectivity index (χ2n) is 4.72. The van der Waals surface area contributed by atoms with Crippen molar-refractivity contribution in [2.24, 2.45) is 0 Å². The molecule has 0 unspecified atom stereocenters. The summed E-state index contributed by atoms with van der Waals surface area (Å²) in [6, 6.07) is 13.3. The first-order valence-corrected chi connectivity index (χ1v) is 8.16. The molecular weight excluding hydrogens is 384 g/mol. The molecule has 2 aromatic carbocycles. The van der Waals surface area contributed by atoms with Gasteiger partial charge in [0.2, 0.25) is 0 Å². The van der Waals surface area contributed by atoms with E-state index >= 15 is 0 Å². The number of ether oxygens (including phenoxy) is 1. The number of benzene rings is 2. The number of phenolic OH excluding ortho intramolecular Hbond substituents is 1. The molecule has 0 radical (unpaired) electrons. The minimum absolute atomic E-state index is 0. The highest BCUT2D eigenvalue weighted by Crippen LogP contribution is 2.12. The molecule has 2 aromatic rings. The molecule has 0 saturated carbocycles. The van der Waals surface area contributed by atoms with Crippen LogP contribution in [0.1, 0.15) is 49.4 Å². The topological polar surface area (TPSA) is 63.6 Å². The van der Waals surface area contributed by atoms with E-state index in [1.807, 2.05) is 0 Å². The maximum atomic E-state index is 10.9. The van der Waals surface area contributed by atoms with Crippen LogP contribution in [-0.2, 0) is 0 Å². The molecule has 0 spiro atoms. The highest BCUT2D eigenvalue weighted by molar-refractivity contribution is 9.09. The van der Waals surface area contributed by atoms with Crippen molar-refractivity contribution in [2.45, 2.75) is 28.7 Å². The van der Waals surface area contributed by atoms with Crippen molar-refractivity contribution >= 4 is 27.5 Å². The van der Waals surface area contributed by atoms with E-state index in [4.69, 9.17) is 9.84 Å². The van der Waals surface area contributed by atoms with Crippen LogP contribution in [0.4, 0.5) is 0 Å². The van der Waals surface area contributed by atoms with Crippen LogP contribution >= 0.6 is 15.9 Å². The highest BCUT2D eigenvalue weighted by atomic mass is 79.9. The van der Waals surface area contributed by atoms with Gasteiger partial charge in [-0.15, -0.1) is 0 Å². The molecule has 2 rings (SSSR count). The van der Waals surface area contributed by atoms with E-state index in [1.54, 1.807) is 43.3 Å². The molecule has 0 saturated heterocycles. The molecule has 4 nitrogen and oxygen atoms in total. The van der Waals surface area contributed by atoms with Gasteiger partial charge in [-0.05, 0) is 62.4 Å². The average Bonchev–Trinajstić information content (AvgIpc) is 2.54. The lowest BCUT2D eigenvalue weighted by atomic mass is 10.1. The SMILES string of the molecule is C.C.CC(=O)c1ccc(O)cc1.CC(=O)c1ccc(OCCBr)cc1. The van der Waals surface area contributed by atoms with Gasteiger partial charge in [-0.3, -0.25) is 9.59 Å². The second kappa shape index (κ2) is 13.2. The number of hydrogen-bond donors (Lipinski definition) is 1. The summed E-state index contributed by atoms with van der Waals surface area (Å²) in [6.45, 7) is 3.68. The quantitative estimate of drug-likeness (QED) is 0.519. The predicted molar refractivity (Wildman–Crippen MR) is 107 cm³/mol. The first-order valence-electron chi connectivity index (χ1n) is 7.03. The lowest BCUT2D eigenvalue weighted by Gasteiger charge is -2.03. The largest absolute Gasteiger partial charge is 0.508 e. The maximum absolute atomic E-state index is 10.9. The number of aromatic hydroxyl groups is 1. The third kappa shape index (κ3) is 9.67. The molecule has 0 aliphatic heterocycles. The molecule has 0 aromatic heterocycles. The van der Waals surface area contributed by atoms with Gasteiger partial charge in [-0.25, -0.2) is 0 Å². The molecule has 5 heteroatoms. The van der Waals surface area contributed by atoms with Gasteiger partial charge in [0, 0.05) is 16.5 Å².